The smallest absolute Gasteiger partial charge is 0.0409 e. The minimum absolute atomic E-state index is 0.248. The summed E-state index contributed by atoms with van der Waals surface area (Å²) in [6, 6.07) is 6.71. The van der Waals surface area contributed by atoms with E-state index in [0.717, 1.165) is 17.9 Å². The topological polar surface area (TPSA) is 26.0 Å². The lowest BCUT2D eigenvalue weighted by atomic mass is 9.66. The maximum Gasteiger partial charge on any atom is 0.0409 e. The fraction of sp³-hybridized carbons (Fsp3) is 0.571. The number of halogens is 1. The first kappa shape index (κ1) is 10.6. The molecule has 1 nitrogen and oxygen atoms in total. The molecule has 16 heavy (non-hydrogen) atoms. The zero-order valence-electron chi connectivity index (χ0n) is 9.51. The highest BCUT2D eigenvalue weighted by molar-refractivity contribution is 6.30. The summed E-state index contributed by atoms with van der Waals surface area (Å²) < 4.78 is 0. The van der Waals surface area contributed by atoms with Gasteiger partial charge in [-0.2, -0.15) is 0 Å². The van der Waals surface area contributed by atoms with Crippen LogP contribution in [0.25, 0.3) is 0 Å². The molecule has 0 aromatic heterocycles. The molecule has 1 aromatic rings. The van der Waals surface area contributed by atoms with Crippen molar-refractivity contribution >= 4 is 11.6 Å². The maximum absolute atomic E-state index is 6.40. The molecule has 2 N–H and O–H groups in total. The summed E-state index contributed by atoms with van der Waals surface area (Å²) in [6.07, 6.45) is 7.40. The van der Waals surface area contributed by atoms with Gasteiger partial charge in [0.1, 0.15) is 0 Å². The fourth-order valence-corrected chi connectivity index (χ4v) is 3.84. The third kappa shape index (κ3) is 1.42. The van der Waals surface area contributed by atoms with Gasteiger partial charge in [0.05, 0.1) is 0 Å². The van der Waals surface area contributed by atoms with Crippen molar-refractivity contribution in [1.82, 2.24) is 0 Å². The Balaban J connectivity index is 2.15. The number of benzene rings is 1. The Morgan fingerprint density at radius 1 is 1.25 bits per heavy atom. The molecule has 0 heterocycles. The van der Waals surface area contributed by atoms with E-state index in [2.05, 4.69) is 12.1 Å². The fourth-order valence-electron chi connectivity index (χ4n) is 3.66. The van der Waals surface area contributed by atoms with Crippen LogP contribution in [0.15, 0.2) is 18.2 Å². The van der Waals surface area contributed by atoms with Crippen molar-refractivity contribution in [1.29, 1.82) is 0 Å². The van der Waals surface area contributed by atoms with Crippen molar-refractivity contribution in [3.8, 4) is 0 Å². The molecule has 1 atom stereocenters. The highest BCUT2D eigenvalue weighted by atomic mass is 35.5. The quantitative estimate of drug-likeness (QED) is 0.733. The molecule has 2 heteroatoms. The van der Waals surface area contributed by atoms with Crippen molar-refractivity contribution in [2.45, 2.75) is 50.0 Å². The molecule has 1 aromatic carbocycles. The van der Waals surface area contributed by atoms with Gasteiger partial charge in [-0.3, -0.25) is 0 Å². The molecule has 2 aliphatic rings. The Morgan fingerprint density at radius 3 is 2.75 bits per heavy atom. The first-order valence-corrected chi connectivity index (χ1v) is 6.65. The third-order valence-corrected chi connectivity index (χ3v) is 4.77. The van der Waals surface area contributed by atoms with Gasteiger partial charge in [-0.15, -0.1) is 0 Å². The van der Waals surface area contributed by atoms with E-state index in [9.17, 15) is 0 Å². The van der Waals surface area contributed by atoms with Crippen LogP contribution in [0.1, 0.15) is 43.2 Å². The molecular formula is C14H18ClN. The van der Waals surface area contributed by atoms with Gasteiger partial charge < -0.3 is 5.73 Å². The van der Waals surface area contributed by atoms with Crippen molar-refractivity contribution < 1.29 is 0 Å². The van der Waals surface area contributed by atoms with Crippen LogP contribution < -0.4 is 5.73 Å². The highest BCUT2D eigenvalue weighted by Gasteiger charge is 2.44. The van der Waals surface area contributed by atoms with Crippen LogP contribution in [0.3, 0.4) is 0 Å². The highest BCUT2D eigenvalue weighted by Crippen LogP contribution is 2.48. The maximum atomic E-state index is 6.40. The van der Waals surface area contributed by atoms with Gasteiger partial charge in [-0.25, -0.2) is 0 Å². The zero-order valence-corrected chi connectivity index (χ0v) is 10.3. The van der Waals surface area contributed by atoms with E-state index in [-0.39, 0.29) is 5.41 Å². The van der Waals surface area contributed by atoms with E-state index >= 15 is 0 Å². The van der Waals surface area contributed by atoms with Gasteiger partial charge in [0.15, 0.2) is 0 Å². The van der Waals surface area contributed by atoms with Crippen LogP contribution >= 0.6 is 11.6 Å². The minimum atomic E-state index is 0.248. The van der Waals surface area contributed by atoms with Crippen LogP contribution in [-0.4, -0.2) is 6.04 Å². The summed E-state index contributed by atoms with van der Waals surface area (Å²) in [7, 11) is 0. The van der Waals surface area contributed by atoms with Gasteiger partial charge in [-0.05, 0) is 48.9 Å². The number of hydrogen-bond acceptors (Lipinski definition) is 1. The average Bonchev–Trinajstić information content (AvgIpc) is 2.75. The predicted octanol–water partition coefficient (Wildman–Crippen LogP) is 3.43. The molecule has 86 valence electrons. The largest absolute Gasteiger partial charge is 0.327 e. The molecule has 0 amide bonds. The van der Waals surface area contributed by atoms with E-state index in [1.165, 1.54) is 36.8 Å². The first-order valence-electron chi connectivity index (χ1n) is 6.27. The second kappa shape index (κ2) is 3.75. The molecule has 2 aliphatic carbocycles. The number of hydrogen-bond donors (Lipinski definition) is 1. The van der Waals surface area contributed by atoms with E-state index in [4.69, 9.17) is 17.3 Å². The minimum Gasteiger partial charge on any atom is -0.327 e. The second-order valence-corrected chi connectivity index (χ2v) is 5.75. The molecular weight excluding hydrogens is 218 g/mol. The molecule has 0 bridgehead atoms. The van der Waals surface area contributed by atoms with Crippen molar-refractivity contribution in [2.24, 2.45) is 5.73 Å². The SMILES string of the molecule is NC1CCc2ccc(Cl)cc2C12CCCC2. The summed E-state index contributed by atoms with van der Waals surface area (Å²) in [5, 5.41) is 0.860. The normalized spacial score (nSPS) is 27.0. The Hall–Kier alpha value is -0.530. The summed E-state index contributed by atoms with van der Waals surface area (Å²) in [4.78, 5) is 0. The van der Waals surface area contributed by atoms with Gasteiger partial charge in [-0.1, -0.05) is 30.5 Å². The molecule has 0 aliphatic heterocycles. The van der Waals surface area contributed by atoms with Crippen molar-refractivity contribution in [2.75, 3.05) is 0 Å². The third-order valence-electron chi connectivity index (χ3n) is 4.54. The molecule has 1 saturated carbocycles. The molecule has 0 radical (unpaired) electrons. The van der Waals surface area contributed by atoms with Crippen LogP contribution in [0.2, 0.25) is 5.02 Å². The number of rotatable bonds is 0. The molecule has 3 rings (SSSR count). The summed E-state index contributed by atoms with van der Waals surface area (Å²) in [6.45, 7) is 0. The monoisotopic (exact) mass is 235 g/mol. The Kier molecular flexibility index (Phi) is 2.49. The van der Waals surface area contributed by atoms with E-state index < -0.39 is 0 Å². The predicted molar refractivity (Wildman–Crippen MR) is 67.9 cm³/mol. The second-order valence-electron chi connectivity index (χ2n) is 5.31. The van der Waals surface area contributed by atoms with Crippen LogP contribution in [0.4, 0.5) is 0 Å². The molecule has 1 spiro atoms. The Bertz CT molecular complexity index is 407. The van der Waals surface area contributed by atoms with Crippen LogP contribution in [0, 0.1) is 0 Å². The number of aryl methyl sites for hydroxylation is 1. The zero-order chi connectivity index (χ0) is 11.2. The van der Waals surface area contributed by atoms with Gasteiger partial charge >= 0.3 is 0 Å². The number of fused-ring (bicyclic) bond motifs is 2. The standard InChI is InChI=1S/C14H18ClN/c15-11-5-3-10-4-6-13(16)14(12(10)9-11)7-1-2-8-14/h3,5,9,13H,1-2,4,6-8,16H2. The molecule has 0 saturated heterocycles. The van der Waals surface area contributed by atoms with Crippen molar-refractivity contribution in [3.05, 3.63) is 34.3 Å². The molecule has 1 unspecified atom stereocenters. The van der Waals surface area contributed by atoms with Crippen LogP contribution in [-0.2, 0) is 11.8 Å². The first-order chi connectivity index (χ1) is 7.72. The molecule has 1 fully saturated rings. The van der Waals surface area contributed by atoms with E-state index in [1.54, 1.807) is 0 Å². The lowest BCUT2D eigenvalue weighted by molar-refractivity contribution is 0.313. The Morgan fingerprint density at radius 2 is 2.00 bits per heavy atom. The van der Waals surface area contributed by atoms with Gasteiger partial charge in [0.2, 0.25) is 0 Å². The Labute approximate surface area is 102 Å². The van der Waals surface area contributed by atoms with E-state index in [0.29, 0.717) is 6.04 Å². The van der Waals surface area contributed by atoms with Gasteiger partial charge in [0, 0.05) is 16.5 Å². The van der Waals surface area contributed by atoms with E-state index in [1.807, 2.05) is 6.07 Å². The van der Waals surface area contributed by atoms with Gasteiger partial charge in [0.25, 0.3) is 0 Å². The van der Waals surface area contributed by atoms with Crippen LogP contribution in [0.5, 0.6) is 0 Å². The lowest BCUT2D eigenvalue weighted by Crippen LogP contribution is -2.47. The van der Waals surface area contributed by atoms with Crippen molar-refractivity contribution in [3.63, 3.8) is 0 Å². The summed E-state index contributed by atoms with van der Waals surface area (Å²) >= 11 is 6.15. The number of nitrogens with two attached hydrogens (primary N) is 1. The lowest BCUT2D eigenvalue weighted by Gasteiger charge is -2.41. The summed E-state index contributed by atoms with van der Waals surface area (Å²) in [5.74, 6) is 0. The average molecular weight is 236 g/mol. The summed E-state index contributed by atoms with van der Waals surface area (Å²) in [5.41, 5.74) is 9.58.